The number of aromatic hydroxyl groups is 1. The number of hydrogen-bond donors (Lipinski definition) is 2. The van der Waals surface area contributed by atoms with Crippen LogP contribution < -0.4 is 14.8 Å². The van der Waals surface area contributed by atoms with Crippen LogP contribution in [0.2, 0.25) is 0 Å². The summed E-state index contributed by atoms with van der Waals surface area (Å²) < 4.78 is 25.1. The summed E-state index contributed by atoms with van der Waals surface area (Å²) in [6.45, 7) is 0. The molecule has 0 fully saturated rings. The molecule has 2 N–H and O–H groups in total. The molecule has 140 valence electrons. The molecule has 4 aromatic rings. The Balaban J connectivity index is 1.61. The number of aromatic nitrogens is 1. The van der Waals surface area contributed by atoms with Crippen LogP contribution in [0.3, 0.4) is 0 Å². The van der Waals surface area contributed by atoms with E-state index < -0.39 is 0 Å². The van der Waals surface area contributed by atoms with Crippen molar-refractivity contribution in [1.29, 1.82) is 0 Å². The molecule has 4 rings (SSSR count). The Labute approximate surface area is 161 Å². The van der Waals surface area contributed by atoms with E-state index in [9.17, 15) is 9.50 Å². The summed E-state index contributed by atoms with van der Waals surface area (Å²) in [4.78, 5) is 4.28. The van der Waals surface area contributed by atoms with Gasteiger partial charge in [0.05, 0.1) is 7.11 Å². The number of phenolic OH excluding ortho intramolecular Hbond substituents is 1. The quantitative estimate of drug-likeness (QED) is 0.442. The highest BCUT2D eigenvalue weighted by Crippen LogP contribution is 2.33. The molecule has 0 aliphatic rings. The Morgan fingerprint density at radius 1 is 0.929 bits per heavy atom. The summed E-state index contributed by atoms with van der Waals surface area (Å²) in [6, 6.07) is 18.5. The molecule has 3 aromatic carbocycles. The highest BCUT2D eigenvalue weighted by atomic mass is 19.1. The first-order valence-electron chi connectivity index (χ1n) is 8.59. The minimum absolute atomic E-state index is 0.0567. The number of pyridine rings is 1. The molecule has 0 radical (unpaired) electrons. The Morgan fingerprint density at radius 2 is 1.75 bits per heavy atom. The summed E-state index contributed by atoms with van der Waals surface area (Å²) >= 11 is 0. The van der Waals surface area contributed by atoms with Gasteiger partial charge < -0.3 is 19.9 Å². The molecule has 0 spiro atoms. The number of fused-ring (bicyclic) bond motifs is 1. The van der Waals surface area contributed by atoms with Crippen LogP contribution in [0.1, 0.15) is 0 Å². The van der Waals surface area contributed by atoms with Gasteiger partial charge in [-0.1, -0.05) is 24.3 Å². The van der Waals surface area contributed by atoms with Gasteiger partial charge in [-0.2, -0.15) is 0 Å². The zero-order valence-electron chi connectivity index (χ0n) is 15.0. The van der Waals surface area contributed by atoms with Crippen molar-refractivity contribution in [3.63, 3.8) is 0 Å². The molecule has 1 heterocycles. The summed E-state index contributed by atoms with van der Waals surface area (Å²) in [5, 5.41) is 14.0. The molecular weight excluding hydrogens is 359 g/mol. The van der Waals surface area contributed by atoms with Crippen molar-refractivity contribution in [2.75, 3.05) is 12.4 Å². The number of nitrogens with one attached hydrogen (secondary N) is 1. The molecule has 0 bridgehead atoms. The molecular formula is C22H17FN2O3. The van der Waals surface area contributed by atoms with E-state index in [-0.39, 0.29) is 11.6 Å². The van der Waals surface area contributed by atoms with Gasteiger partial charge in [0.25, 0.3) is 0 Å². The van der Waals surface area contributed by atoms with Crippen molar-refractivity contribution < 1.29 is 19.0 Å². The molecule has 0 aliphatic carbocycles. The number of halogens is 1. The van der Waals surface area contributed by atoms with Gasteiger partial charge in [-0.15, -0.1) is 0 Å². The molecule has 0 unspecified atom stereocenters. The van der Waals surface area contributed by atoms with Crippen LogP contribution in [0.15, 0.2) is 72.9 Å². The fraction of sp³-hybridized carbons (Fsp3) is 0.0455. The van der Waals surface area contributed by atoms with Crippen molar-refractivity contribution in [3.05, 3.63) is 78.7 Å². The minimum atomic E-state index is -0.290. The maximum Gasteiger partial charge on any atom is 0.162 e. The average Bonchev–Trinajstić information content (AvgIpc) is 2.72. The fourth-order valence-corrected chi connectivity index (χ4v) is 2.90. The first-order chi connectivity index (χ1) is 13.6. The molecule has 5 nitrogen and oxygen atoms in total. The van der Waals surface area contributed by atoms with E-state index in [2.05, 4.69) is 10.3 Å². The van der Waals surface area contributed by atoms with Crippen molar-refractivity contribution >= 4 is 22.3 Å². The van der Waals surface area contributed by atoms with Gasteiger partial charge in [-0.25, -0.2) is 9.37 Å². The van der Waals surface area contributed by atoms with Gasteiger partial charge in [-0.05, 0) is 30.3 Å². The zero-order chi connectivity index (χ0) is 19.5. The maximum absolute atomic E-state index is 14.0. The summed E-state index contributed by atoms with van der Waals surface area (Å²) in [6.07, 6.45) is 1.61. The molecule has 0 amide bonds. The topological polar surface area (TPSA) is 63.6 Å². The number of rotatable bonds is 5. The molecule has 0 atom stereocenters. The third kappa shape index (κ3) is 3.53. The van der Waals surface area contributed by atoms with E-state index in [4.69, 9.17) is 9.47 Å². The van der Waals surface area contributed by atoms with Crippen LogP contribution in [0.5, 0.6) is 23.0 Å². The Bertz CT molecular complexity index is 1150. The minimum Gasteiger partial charge on any atom is -0.504 e. The van der Waals surface area contributed by atoms with Crippen LogP contribution in [-0.4, -0.2) is 17.2 Å². The lowest BCUT2D eigenvalue weighted by Gasteiger charge is -2.12. The van der Waals surface area contributed by atoms with Crippen molar-refractivity contribution in [3.8, 4) is 23.0 Å². The van der Waals surface area contributed by atoms with Crippen LogP contribution in [0.25, 0.3) is 10.8 Å². The first kappa shape index (κ1) is 17.6. The smallest absolute Gasteiger partial charge is 0.162 e. The Hall–Kier alpha value is -3.80. The first-order valence-corrected chi connectivity index (χ1v) is 8.59. The highest BCUT2D eigenvalue weighted by Gasteiger charge is 2.09. The predicted molar refractivity (Wildman–Crippen MR) is 106 cm³/mol. The molecule has 1 aromatic heterocycles. The lowest BCUT2D eigenvalue weighted by Crippen LogP contribution is -1.95. The van der Waals surface area contributed by atoms with Gasteiger partial charge in [-0.3, -0.25) is 0 Å². The molecule has 6 heteroatoms. The lowest BCUT2D eigenvalue weighted by molar-refractivity contribution is 0.374. The van der Waals surface area contributed by atoms with E-state index in [1.165, 1.54) is 19.2 Å². The Kier molecular flexibility index (Phi) is 4.68. The van der Waals surface area contributed by atoms with Gasteiger partial charge in [0.2, 0.25) is 0 Å². The highest BCUT2D eigenvalue weighted by molar-refractivity contribution is 5.89. The standard InChI is InChI=1S/C22H17FN2O3/c1-27-21-12-14(6-8-19(21)26)25-22-13-15(10-11-24-22)28-20-9-7-18(23)16-4-2-3-5-17(16)20/h2-13,26H,1H3,(H,24,25). The normalized spacial score (nSPS) is 10.6. The maximum atomic E-state index is 14.0. The van der Waals surface area contributed by atoms with Crippen molar-refractivity contribution in [2.45, 2.75) is 0 Å². The number of methoxy groups -OCH3 is 1. The Morgan fingerprint density at radius 3 is 2.57 bits per heavy atom. The number of benzene rings is 3. The monoisotopic (exact) mass is 376 g/mol. The van der Waals surface area contributed by atoms with Gasteiger partial charge >= 0.3 is 0 Å². The summed E-state index contributed by atoms with van der Waals surface area (Å²) in [7, 11) is 1.48. The second-order valence-corrected chi connectivity index (χ2v) is 6.08. The number of ether oxygens (including phenoxy) is 2. The van der Waals surface area contributed by atoms with Crippen molar-refractivity contribution in [1.82, 2.24) is 4.98 Å². The van der Waals surface area contributed by atoms with Crippen LogP contribution >= 0.6 is 0 Å². The van der Waals surface area contributed by atoms with Crippen LogP contribution in [0.4, 0.5) is 15.9 Å². The predicted octanol–water partition coefficient (Wildman–Crippen LogP) is 5.62. The molecule has 28 heavy (non-hydrogen) atoms. The average molecular weight is 376 g/mol. The van der Waals surface area contributed by atoms with E-state index >= 15 is 0 Å². The number of hydrogen-bond acceptors (Lipinski definition) is 5. The third-order valence-corrected chi connectivity index (χ3v) is 4.24. The SMILES string of the molecule is COc1cc(Nc2cc(Oc3ccc(F)c4ccccc34)ccn2)ccc1O. The second kappa shape index (κ2) is 7.44. The van der Waals surface area contributed by atoms with E-state index in [0.717, 1.165) is 0 Å². The largest absolute Gasteiger partial charge is 0.504 e. The molecule has 0 aliphatic heterocycles. The second-order valence-electron chi connectivity index (χ2n) is 6.08. The summed E-state index contributed by atoms with van der Waals surface area (Å²) in [5.41, 5.74) is 0.700. The third-order valence-electron chi connectivity index (χ3n) is 4.24. The molecule has 0 saturated carbocycles. The van der Waals surface area contributed by atoms with E-state index in [1.807, 2.05) is 12.1 Å². The number of anilines is 2. The fourth-order valence-electron chi connectivity index (χ4n) is 2.90. The number of nitrogens with zero attached hydrogens (tertiary/aromatic N) is 1. The van der Waals surface area contributed by atoms with Crippen molar-refractivity contribution in [2.24, 2.45) is 0 Å². The van der Waals surface area contributed by atoms with E-state index in [0.29, 0.717) is 39.5 Å². The van der Waals surface area contributed by atoms with Gasteiger partial charge in [0.15, 0.2) is 11.5 Å². The van der Waals surface area contributed by atoms with Crippen LogP contribution in [-0.2, 0) is 0 Å². The van der Waals surface area contributed by atoms with Gasteiger partial charge in [0.1, 0.15) is 23.1 Å². The summed E-state index contributed by atoms with van der Waals surface area (Å²) in [5.74, 6) is 1.79. The van der Waals surface area contributed by atoms with E-state index in [1.54, 1.807) is 48.7 Å². The zero-order valence-corrected chi connectivity index (χ0v) is 15.0. The molecule has 0 saturated heterocycles. The van der Waals surface area contributed by atoms with Crippen LogP contribution in [0, 0.1) is 5.82 Å². The lowest BCUT2D eigenvalue weighted by atomic mass is 10.1. The van der Waals surface area contributed by atoms with Gasteiger partial charge in [0, 0.05) is 34.8 Å². The number of phenols is 1.